The minimum absolute atomic E-state index is 0.0366. The Bertz CT molecular complexity index is 680. The Labute approximate surface area is 136 Å². The van der Waals surface area contributed by atoms with Crippen LogP contribution in [0.1, 0.15) is 23.0 Å². The average Bonchev–Trinajstić information content (AvgIpc) is 2.47. The van der Waals surface area contributed by atoms with Crippen molar-refractivity contribution in [2.24, 2.45) is 0 Å². The van der Waals surface area contributed by atoms with Gasteiger partial charge in [0.25, 0.3) is 0 Å². The van der Waals surface area contributed by atoms with Crippen molar-refractivity contribution in [1.82, 2.24) is 15.0 Å². The van der Waals surface area contributed by atoms with Crippen LogP contribution in [0.3, 0.4) is 0 Å². The zero-order chi connectivity index (χ0) is 15.4. The Morgan fingerprint density at radius 1 is 1.29 bits per heavy atom. The first-order valence-electron chi connectivity index (χ1n) is 5.97. The second kappa shape index (κ2) is 7.02. The molecule has 0 aliphatic carbocycles. The van der Waals surface area contributed by atoms with Gasteiger partial charge in [0.05, 0.1) is 28.2 Å². The SMILES string of the molecule is CCOC(=O)c1cnc(-c2ncc(Cl)cc2Cl)nc1CCl. The van der Waals surface area contributed by atoms with Crippen molar-refractivity contribution in [3.8, 4) is 11.5 Å². The summed E-state index contributed by atoms with van der Waals surface area (Å²) >= 11 is 17.7. The summed E-state index contributed by atoms with van der Waals surface area (Å²) < 4.78 is 4.92. The van der Waals surface area contributed by atoms with Gasteiger partial charge in [-0.05, 0) is 13.0 Å². The van der Waals surface area contributed by atoms with Crippen molar-refractivity contribution in [3.63, 3.8) is 0 Å². The average molecular weight is 347 g/mol. The lowest BCUT2D eigenvalue weighted by atomic mass is 10.2. The van der Waals surface area contributed by atoms with E-state index in [0.717, 1.165) is 0 Å². The number of carbonyl (C=O) groups excluding carboxylic acids is 1. The van der Waals surface area contributed by atoms with Gasteiger partial charge in [-0.15, -0.1) is 11.6 Å². The molecule has 0 aliphatic rings. The number of pyridine rings is 1. The molecule has 2 aromatic heterocycles. The van der Waals surface area contributed by atoms with E-state index >= 15 is 0 Å². The molecule has 0 atom stereocenters. The molecule has 0 unspecified atom stereocenters. The van der Waals surface area contributed by atoms with Crippen molar-refractivity contribution in [2.45, 2.75) is 12.8 Å². The third kappa shape index (κ3) is 3.61. The van der Waals surface area contributed by atoms with Crippen molar-refractivity contribution in [2.75, 3.05) is 6.61 Å². The van der Waals surface area contributed by atoms with E-state index in [2.05, 4.69) is 15.0 Å². The number of ether oxygens (including phenoxy) is 1. The molecule has 2 aromatic rings. The number of hydrogen-bond acceptors (Lipinski definition) is 5. The fraction of sp³-hybridized carbons (Fsp3) is 0.231. The topological polar surface area (TPSA) is 65.0 Å². The Balaban J connectivity index is 2.45. The largest absolute Gasteiger partial charge is 0.462 e. The molecule has 0 aliphatic heterocycles. The van der Waals surface area contributed by atoms with Crippen molar-refractivity contribution in [3.05, 3.63) is 39.8 Å². The summed E-state index contributed by atoms with van der Waals surface area (Å²) in [6.45, 7) is 1.97. The van der Waals surface area contributed by atoms with Crippen molar-refractivity contribution in [1.29, 1.82) is 0 Å². The van der Waals surface area contributed by atoms with E-state index in [0.29, 0.717) is 21.4 Å². The quantitative estimate of drug-likeness (QED) is 0.623. The lowest BCUT2D eigenvalue weighted by molar-refractivity contribution is 0.0524. The molecule has 0 radical (unpaired) electrons. The molecule has 0 N–H and O–H groups in total. The summed E-state index contributed by atoms with van der Waals surface area (Å²) in [7, 11) is 0. The summed E-state index contributed by atoms with van der Waals surface area (Å²) in [5.74, 6) is -0.218. The summed E-state index contributed by atoms with van der Waals surface area (Å²) in [4.78, 5) is 24.2. The van der Waals surface area contributed by atoms with Crippen LogP contribution in [0.5, 0.6) is 0 Å². The van der Waals surface area contributed by atoms with Crippen LogP contribution in [0.2, 0.25) is 10.0 Å². The first kappa shape index (κ1) is 15.9. The van der Waals surface area contributed by atoms with E-state index in [1.165, 1.54) is 18.5 Å². The van der Waals surface area contributed by atoms with Gasteiger partial charge in [-0.3, -0.25) is 0 Å². The van der Waals surface area contributed by atoms with Gasteiger partial charge in [0, 0.05) is 12.4 Å². The van der Waals surface area contributed by atoms with Crippen molar-refractivity contribution >= 4 is 40.8 Å². The third-order valence-corrected chi connectivity index (χ3v) is 3.26. The number of alkyl halides is 1. The highest BCUT2D eigenvalue weighted by molar-refractivity contribution is 6.35. The second-order valence-electron chi connectivity index (χ2n) is 3.89. The maximum Gasteiger partial charge on any atom is 0.341 e. The Morgan fingerprint density at radius 3 is 2.67 bits per heavy atom. The molecule has 0 bridgehead atoms. The molecular weight excluding hydrogens is 337 g/mol. The minimum atomic E-state index is -0.519. The van der Waals surface area contributed by atoms with Crippen LogP contribution in [0, 0.1) is 0 Å². The third-order valence-electron chi connectivity index (χ3n) is 2.51. The smallest absolute Gasteiger partial charge is 0.341 e. The van der Waals surface area contributed by atoms with Gasteiger partial charge >= 0.3 is 5.97 Å². The fourth-order valence-corrected chi connectivity index (χ4v) is 2.26. The zero-order valence-electron chi connectivity index (χ0n) is 10.9. The maximum atomic E-state index is 11.8. The zero-order valence-corrected chi connectivity index (χ0v) is 13.2. The highest BCUT2D eigenvalue weighted by atomic mass is 35.5. The van der Waals surface area contributed by atoms with Crippen LogP contribution in [0.25, 0.3) is 11.5 Å². The van der Waals surface area contributed by atoms with Gasteiger partial charge in [-0.1, -0.05) is 23.2 Å². The van der Waals surface area contributed by atoms with Crippen LogP contribution in [0.15, 0.2) is 18.5 Å². The molecule has 8 heteroatoms. The Morgan fingerprint density at radius 2 is 2.05 bits per heavy atom. The molecule has 5 nitrogen and oxygen atoms in total. The number of nitrogens with zero attached hydrogens (tertiary/aromatic N) is 3. The van der Waals surface area contributed by atoms with E-state index in [1.54, 1.807) is 6.92 Å². The van der Waals surface area contributed by atoms with Gasteiger partial charge in [-0.25, -0.2) is 19.7 Å². The normalized spacial score (nSPS) is 10.5. The van der Waals surface area contributed by atoms with E-state index in [1.807, 2.05) is 0 Å². The molecule has 110 valence electrons. The predicted molar refractivity (Wildman–Crippen MR) is 80.8 cm³/mol. The number of esters is 1. The summed E-state index contributed by atoms with van der Waals surface area (Å²) in [6, 6.07) is 1.54. The molecule has 0 aromatic carbocycles. The number of aromatic nitrogens is 3. The molecule has 0 saturated carbocycles. The van der Waals surface area contributed by atoms with E-state index in [4.69, 9.17) is 39.5 Å². The monoisotopic (exact) mass is 345 g/mol. The predicted octanol–water partition coefficient (Wildman–Crippen LogP) is 3.76. The van der Waals surface area contributed by atoms with Gasteiger partial charge in [-0.2, -0.15) is 0 Å². The van der Waals surface area contributed by atoms with Crippen LogP contribution >= 0.6 is 34.8 Å². The molecule has 0 fully saturated rings. The van der Waals surface area contributed by atoms with E-state index in [-0.39, 0.29) is 23.9 Å². The van der Waals surface area contributed by atoms with Gasteiger partial charge in [0.1, 0.15) is 11.3 Å². The standard InChI is InChI=1S/C13H10Cl3N3O2/c1-2-21-13(20)8-6-18-12(19-10(8)4-14)11-9(16)3-7(15)5-17-11/h3,5-6H,2,4H2,1H3. The summed E-state index contributed by atoms with van der Waals surface area (Å²) in [6.07, 6.45) is 2.79. The molecular formula is C13H10Cl3N3O2. The fourth-order valence-electron chi connectivity index (χ4n) is 1.59. The van der Waals surface area contributed by atoms with Crippen LogP contribution < -0.4 is 0 Å². The van der Waals surface area contributed by atoms with E-state index < -0.39 is 5.97 Å². The summed E-state index contributed by atoms with van der Waals surface area (Å²) in [5, 5.41) is 0.719. The van der Waals surface area contributed by atoms with Gasteiger partial charge < -0.3 is 4.74 Å². The minimum Gasteiger partial charge on any atom is -0.462 e. The van der Waals surface area contributed by atoms with Crippen LogP contribution in [0.4, 0.5) is 0 Å². The number of halogens is 3. The molecule has 21 heavy (non-hydrogen) atoms. The first-order chi connectivity index (χ1) is 10.1. The number of rotatable bonds is 4. The second-order valence-corrected chi connectivity index (χ2v) is 5.00. The summed E-state index contributed by atoms with van der Waals surface area (Å²) in [5.41, 5.74) is 0.941. The van der Waals surface area contributed by atoms with Crippen LogP contribution in [-0.4, -0.2) is 27.5 Å². The lowest BCUT2D eigenvalue weighted by Crippen LogP contribution is -2.10. The molecule has 0 amide bonds. The first-order valence-corrected chi connectivity index (χ1v) is 7.26. The Kier molecular flexibility index (Phi) is 5.33. The van der Waals surface area contributed by atoms with Crippen molar-refractivity contribution < 1.29 is 9.53 Å². The molecule has 2 rings (SSSR count). The van der Waals surface area contributed by atoms with Gasteiger partial charge in [0.2, 0.25) is 0 Å². The van der Waals surface area contributed by atoms with E-state index in [9.17, 15) is 4.79 Å². The number of carbonyl (C=O) groups is 1. The molecule has 0 saturated heterocycles. The number of hydrogen-bond donors (Lipinski definition) is 0. The highest BCUT2D eigenvalue weighted by Gasteiger charge is 2.17. The van der Waals surface area contributed by atoms with Gasteiger partial charge in [0.15, 0.2) is 5.82 Å². The molecule has 2 heterocycles. The highest BCUT2D eigenvalue weighted by Crippen LogP contribution is 2.26. The van der Waals surface area contributed by atoms with Crippen LogP contribution in [-0.2, 0) is 10.6 Å². The maximum absolute atomic E-state index is 11.8. The molecule has 0 spiro atoms. The lowest BCUT2D eigenvalue weighted by Gasteiger charge is -2.08. The Hall–Kier alpha value is -1.43.